The van der Waals surface area contributed by atoms with Crippen LogP contribution in [0.5, 0.6) is 5.75 Å². The van der Waals surface area contributed by atoms with Crippen molar-refractivity contribution in [1.82, 2.24) is 0 Å². The molecule has 2 rings (SSSR count). The quantitative estimate of drug-likeness (QED) is 0.874. The molecule has 18 heavy (non-hydrogen) atoms. The molecule has 0 aromatic heterocycles. The van der Waals surface area contributed by atoms with Crippen molar-refractivity contribution in [2.24, 2.45) is 0 Å². The lowest BCUT2D eigenvalue weighted by Gasteiger charge is -2.24. The summed E-state index contributed by atoms with van der Waals surface area (Å²) >= 11 is 0. The zero-order valence-electron chi connectivity index (χ0n) is 10.1. The highest BCUT2D eigenvalue weighted by molar-refractivity contribution is 5.30. The van der Waals surface area contributed by atoms with Crippen molar-refractivity contribution in [3.05, 3.63) is 65.5 Å². The molecule has 2 aromatic carbocycles. The second kappa shape index (κ2) is 4.78. The van der Waals surface area contributed by atoms with Crippen LogP contribution in [0.3, 0.4) is 0 Å². The van der Waals surface area contributed by atoms with Crippen LogP contribution in [-0.4, -0.2) is 10.2 Å². The van der Waals surface area contributed by atoms with Crippen LogP contribution in [0, 0.1) is 5.82 Å². The third-order valence-corrected chi connectivity index (χ3v) is 2.95. The minimum absolute atomic E-state index is 0.195. The van der Waals surface area contributed by atoms with Gasteiger partial charge in [-0.2, -0.15) is 0 Å². The highest BCUT2D eigenvalue weighted by Gasteiger charge is 2.23. The van der Waals surface area contributed by atoms with Crippen molar-refractivity contribution in [1.29, 1.82) is 0 Å². The zero-order chi connectivity index (χ0) is 13.2. The van der Waals surface area contributed by atoms with Gasteiger partial charge in [-0.25, -0.2) is 4.39 Å². The summed E-state index contributed by atoms with van der Waals surface area (Å²) in [5.41, 5.74) is 0.504. The molecule has 0 spiro atoms. The van der Waals surface area contributed by atoms with Crippen LogP contribution in [0.25, 0.3) is 0 Å². The standard InChI is InChI=1S/C15H15FO2/c1-15(18,12-4-6-13(16)7-5-12)10-11-2-8-14(17)9-3-11/h2-9,17-18H,10H2,1H3. The van der Waals surface area contributed by atoms with Crippen LogP contribution in [0.1, 0.15) is 18.1 Å². The maximum absolute atomic E-state index is 12.8. The van der Waals surface area contributed by atoms with Crippen molar-refractivity contribution in [2.75, 3.05) is 0 Å². The molecule has 0 radical (unpaired) electrons. The van der Waals surface area contributed by atoms with Crippen LogP contribution < -0.4 is 0 Å². The first-order chi connectivity index (χ1) is 8.47. The van der Waals surface area contributed by atoms with E-state index >= 15 is 0 Å². The molecule has 0 saturated carbocycles. The highest BCUT2D eigenvalue weighted by atomic mass is 19.1. The van der Waals surface area contributed by atoms with Crippen molar-refractivity contribution < 1.29 is 14.6 Å². The lowest BCUT2D eigenvalue weighted by atomic mass is 9.89. The van der Waals surface area contributed by atoms with Gasteiger partial charge in [0, 0.05) is 6.42 Å². The molecule has 2 nitrogen and oxygen atoms in total. The summed E-state index contributed by atoms with van der Waals surface area (Å²) in [6, 6.07) is 12.5. The van der Waals surface area contributed by atoms with Crippen LogP contribution >= 0.6 is 0 Å². The molecule has 1 atom stereocenters. The summed E-state index contributed by atoms with van der Waals surface area (Å²) in [4.78, 5) is 0. The topological polar surface area (TPSA) is 40.5 Å². The van der Waals surface area contributed by atoms with Crippen LogP contribution in [0.2, 0.25) is 0 Å². The van der Waals surface area contributed by atoms with E-state index in [1.807, 2.05) is 0 Å². The third-order valence-electron chi connectivity index (χ3n) is 2.95. The average molecular weight is 246 g/mol. The molecule has 0 aliphatic heterocycles. The van der Waals surface area contributed by atoms with Crippen molar-refractivity contribution >= 4 is 0 Å². The molecule has 94 valence electrons. The predicted octanol–water partition coefficient (Wildman–Crippen LogP) is 2.98. The Morgan fingerprint density at radius 3 is 2.11 bits per heavy atom. The second-order valence-corrected chi connectivity index (χ2v) is 4.62. The molecule has 0 heterocycles. The average Bonchev–Trinajstić information content (AvgIpc) is 2.32. The molecule has 0 bridgehead atoms. The number of phenols is 1. The number of aromatic hydroxyl groups is 1. The highest BCUT2D eigenvalue weighted by Crippen LogP contribution is 2.26. The third kappa shape index (κ3) is 2.87. The molecule has 2 aromatic rings. The fourth-order valence-electron chi connectivity index (χ4n) is 1.92. The summed E-state index contributed by atoms with van der Waals surface area (Å²) in [6.45, 7) is 1.69. The number of halogens is 1. The lowest BCUT2D eigenvalue weighted by molar-refractivity contribution is 0.0575. The Kier molecular flexibility index (Phi) is 3.34. The largest absolute Gasteiger partial charge is 0.508 e. The first-order valence-corrected chi connectivity index (χ1v) is 5.74. The molecule has 0 aliphatic rings. The number of benzene rings is 2. The van der Waals surface area contributed by atoms with Gasteiger partial charge < -0.3 is 10.2 Å². The Morgan fingerprint density at radius 2 is 1.56 bits per heavy atom. The molecule has 0 aliphatic carbocycles. The van der Waals surface area contributed by atoms with Gasteiger partial charge in [0.1, 0.15) is 11.6 Å². The zero-order valence-corrected chi connectivity index (χ0v) is 10.1. The monoisotopic (exact) mass is 246 g/mol. The fraction of sp³-hybridized carbons (Fsp3) is 0.200. The lowest BCUT2D eigenvalue weighted by Crippen LogP contribution is -2.24. The van der Waals surface area contributed by atoms with E-state index in [0.717, 1.165) is 5.56 Å². The van der Waals surface area contributed by atoms with Crippen molar-refractivity contribution in [3.63, 3.8) is 0 Å². The Labute approximate surface area is 105 Å². The Hall–Kier alpha value is -1.87. The first-order valence-electron chi connectivity index (χ1n) is 5.74. The van der Waals surface area contributed by atoms with Gasteiger partial charge in [0.05, 0.1) is 5.60 Å². The van der Waals surface area contributed by atoms with Gasteiger partial charge in [-0.1, -0.05) is 24.3 Å². The van der Waals surface area contributed by atoms with E-state index in [9.17, 15) is 14.6 Å². The molecule has 3 heteroatoms. The molecular weight excluding hydrogens is 231 g/mol. The summed E-state index contributed by atoms with van der Waals surface area (Å²) in [5.74, 6) is -0.126. The smallest absolute Gasteiger partial charge is 0.123 e. The first kappa shape index (κ1) is 12.6. The van der Waals surface area contributed by atoms with E-state index in [0.29, 0.717) is 12.0 Å². The van der Waals surface area contributed by atoms with Gasteiger partial charge in [0.2, 0.25) is 0 Å². The van der Waals surface area contributed by atoms with Crippen LogP contribution in [-0.2, 0) is 12.0 Å². The van der Waals surface area contributed by atoms with E-state index in [2.05, 4.69) is 0 Å². The van der Waals surface area contributed by atoms with Gasteiger partial charge in [0.15, 0.2) is 0 Å². The van der Waals surface area contributed by atoms with Crippen LogP contribution in [0.15, 0.2) is 48.5 Å². The van der Waals surface area contributed by atoms with Crippen LogP contribution in [0.4, 0.5) is 4.39 Å². The van der Waals surface area contributed by atoms with E-state index in [-0.39, 0.29) is 11.6 Å². The molecule has 0 amide bonds. The summed E-state index contributed by atoms with van der Waals surface area (Å²) in [5, 5.41) is 19.6. The Morgan fingerprint density at radius 1 is 1.00 bits per heavy atom. The van der Waals surface area contributed by atoms with E-state index in [4.69, 9.17) is 0 Å². The van der Waals surface area contributed by atoms with E-state index < -0.39 is 5.60 Å². The van der Waals surface area contributed by atoms with E-state index in [1.54, 1.807) is 43.3 Å². The predicted molar refractivity (Wildman–Crippen MR) is 67.8 cm³/mol. The van der Waals surface area contributed by atoms with Gasteiger partial charge >= 0.3 is 0 Å². The van der Waals surface area contributed by atoms with E-state index in [1.165, 1.54) is 12.1 Å². The summed E-state index contributed by atoms with van der Waals surface area (Å²) in [6.07, 6.45) is 0.402. The SMILES string of the molecule is CC(O)(Cc1ccc(O)cc1)c1ccc(F)cc1. The fourth-order valence-corrected chi connectivity index (χ4v) is 1.92. The number of rotatable bonds is 3. The summed E-state index contributed by atoms with van der Waals surface area (Å²) < 4.78 is 12.8. The maximum atomic E-state index is 12.8. The van der Waals surface area contributed by atoms with Gasteiger partial charge in [-0.3, -0.25) is 0 Å². The number of aliphatic hydroxyl groups is 1. The maximum Gasteiger partial charge on any atom is 0.123 e. The van der Waals surface area contributed by atoms with Crippen molar-refractivity contribution in [2.45, 2.75) is 18.9 Å². The molecular formula is C15H15FO2. The number of hydrogen-bond donors (Lipinski definition) is 2. The molecule has 0 saturated heterocycles. The molecule has 1 unspecified atom stereocenters. The second-order valence-electron chi connectivity index (χ2n) is 4.62. The van der Waals surface area contributed by atoms with Gasteiger partial charge in [-0.15, -0.1) is 0 Å². The molecule has 2 N–H and O–H groups in total. The van der Waals surface area contributed by atoms with Crippen molar-refractivity contribution in [3.8, 4) is 5.75 Å². The number of phenolic OH excluding ortho intramolecular Hbond substituents is 1. The molecule has 0 fully saturated rings. The summed E-state index contributed by atoms with van der Waals surface area (Å²) in [7, 11) is 0. The minimum Gasteiger partial charge on any atom is -0.508 e. The van der Waals surface area contributed by atoms with Gasteiger partial charge in [0.25, 0.3) is 0 Å². The van der Waals surface area contributed by atoms with Gasteiger partial charge in [-0.05, 0) is 42.3 Å². The Balaban J connectivity index is 2.20. The Bertz CT molecular complexity index is 515. The number of hydrogen-bond acceptors (Lipinski definition) is 2. The minimum atomic E-state index is -1.06. The normalized spacial score (nSPS) is 14.2.